The molecule has 1 aliphatic rings. The van der Waals surface area contributed by atoms with Crippen LogP contribution in [-0.2, 0) is 17.8 Å². The molecule has 1 heterocycles. The van der Waals surface area contributed by atoms with E-state index in [1.54, 1.807) is 0 Å². The monoisotopic (exact) mass is 217 g/mol. The summed E-state index contributed by atoms with van der Waals surface area (Å²) in [6.45, 7) is 6.76. The molecular weight excluding hydrogens is 198 g/mol. The lowest BCUT2D eigenvalue weighted by Crippen LogP contribution is -2.46. The van der Waals surface area contributed by atoms with Crippen LogP contribution < -0.4 is 5.32 Å². The van der Waals surface area contributed by atoms with Gasteiger partial charge in [0.05, 0.1) is 6.04 Å². The van der Waals surface area contributed by atoms with Gasteiger partial charge < -0.3 is 5.32 Å². The molecule has 2 nitrogen and oxygen atoms in total. The van der Waals surface area contributed by atoms with E-state index in [2.05, 4.69) is 17.4 Å². The Morgan fingerprint density at radius 3 is 2.50 bits per heavy atom. The molecule has 1 atom stereocenters. The molecule has 0 fully saturated rings. The van der Waals surface area contributed by atoms with Crippen LogP contribution in [0.25, 0.3) is 0 Å². The summed E-state index contributed by atoms with van der Waals surface area (Å²) < 4.78 is 0. The predicted molar refractivity (Wildman–Crippen MR) is 65.2 cm³/mol. The summed E-state index contributed by atoms with van der Waals surface area (Å²) in [5.41, 5.74) is 2.37. The number of Topliss-reactive ketones (excluding diaryl/α,β-unsaturated/α-hetero) is 1. The third-order valence-electron chi connectivity index (χ3n) is 3.14. The van der Waals surface area contributed by atoms with E-state index in [9.17, 15) is 4.79 Å². The van der Waals surface area contributed by atoms with Crippen molar-refractivity contribution in [2.24, 2.45) is 5.41 Å². The van der Waals surface area contributed by atoms with Gasteiger partial charge in [0, 0.05) is 12.0 Å². The molecule has 1 aliphatic heterocycles. The minimum absolute atomic E-state index is 0.0186. The van der Waals surface area contributed by atoms with E-state index in [0.29, 0.717) is 5.78 Å². The Kier molecular flexibility index (Phi) is 2.85. The van der Waals surface area contributed by atoms with Crippen molar-refractivity contribution in [1.82, 2.24) is 5.32 Å². The fraction of sp³-hybridized carbons (Fsp3) is 0.500. The summed E-state index contributed by atoms with van der Waals surface area (Å²) in [5, 5.41) is 3.33. The Hall–Kier alpha value is -1.15. The van der Waals surface area contributed by atoms with E-state index in [1.807, 2.05) is 32.9 Å². The molecule has 1 aromatic carbocycles. The summed E-state index contributed by atoms with van der Waals surface area (Å²) in [5.74, 6) is 0.307. The summed E-state index contributed by atoms with van der Waals surface area (Å²) in [4.78, 5) is 12.2. The number of fused-ring (bicyclic) bond motifs is 1. The first-order valence-corrected chi connectivity index (χ1v) is 5.83. The number of nitrogens with one attached hydrogen (secondary N) is 1. The van der Waals surface area contributed by atoms with Gasteiger partial charge in [-0.2, -0.15) is 0 Å². The first kappa shape index (κ1) is 11.3. The summed E-state index contributed by atoms with van der Waals surface area (Å²) >= 11 is 0. The first-order chi connectivity index (χ1) is 7.48. The zero-order valence-corrected chi connectivity index (χ0v) is 10.2. The van der Waals surface area contributed by atoms with Gasteiger partial charge in [0.25, 0.3) is 0 Å². The van der Waals surface area contributed by atoms with Crippen LogP contribution in [0.2, 0.25) is 0 Å². The smallest absolute Gasteiger partial charge is 0.155 e. The van der Waals surface area contributed by atoms with Crippen LogP contribution in [0.4, 0.5) is 0 Å². The quantitative estimate of drug-likeness (QED) is 0.782. The van der Waals surface area contributed by atoms with Crippen LogP contribution >= 0.6 is 0 Å². The molecule has 2 rings (SSSR count). The maximum absolute atomic E-state index is 12.2. The van der Waals surface area contributed by atoms with Crippen molar-refractivity contribution >= 4 is 5.78 Å². The number of rotatable bonds is 1. The second-order valence-electron chi connectivity index (χ2n) is 5.52. The van der Waals surface area contributed by atoms with Gasteiger partial charge in [-0.15, -0.1) is 0 Å². The van der Waals surface area contributed by atoms with Gasteiger partial charge in [0.15, 0.2) is 5.78 Å². The third-order valence-corrected chi connectivity index (χ3v) is 3.14. The lowest BCUT2D eigenvalue weighted by atomic mass is 9.82. The van der Waals surface area contributed by atoms with Crippen LogP contribution in [0.1, 0.15) is 31.9 Å². The van der Waals surface area contributed by atoms with Crippen LogP contribution in [0, 0.1) is 5.41 Å². The Morgan fingerprint density at radius 1 is 1.25 bits per heavy atom. The van der Waals surface area contributed by atoms with Gasteiger partial charge in [-0.1, -0.05) is 45.0 Å². The molecule has 1 N–H and O–H groups in total. The van der Waals surface area contributed by atoms with Gasteiger partial charge in [-0.25, -0.2) is 0 Å². The number of carbonyl (C=O) groups is 1. The summed E-state index contributed by atoms with van der Waals surface area (Å²) in [7, 11) is 0. The van der Waals surface area contributed by atoms with Crippen molar-refractivity contribution in [2.45, 2.75) is 39.8 Å². The maximum atomic E-state index is 12.2. The van der Waals surface area contributed by atoms with Crippen molar-refractivity contribution < 1.29 is 4.79 Å². The van der Waals surface area contributed by atoms with Crippen LogP contribution in [-0.4, -0.2) is 11.8 Å². The van der Waals surface area contributed by atoms with E-state index < -0.39 is 0 Å². The van der Waals surface area contributed by atoms with Gasteiger partial charge in [-0.05, 0) is 17.5 Å². The molecular formula is C14H19NO. The zero-order chi connectivity index (χ0) is 11.8. The maximum Gasteiger partial charge on any atom is 0.155 e. The summed E-state index contributed by atoms with van der Waals surface area (Å²) in [6, 6.07) is 8.32. The van der Waals surface area contributed by atoms with Crippen molar-refractivity contribution in [3.63, 3.8) is 0 Å². The molecule has 0 bridgehead atoms. The fourth-order valence-electron chi connectivity index (χ4n) is 2.16. The molecule has 0 radical (unpaired) electrons. The van der Waals surface area contributed by atoms with Crippen LogP contribution in [0.5, 0.6) is 0 Å². The fourth-order valence-corrected chi connectivity index (χ4v) is 2.16. The van der Waals surface area contributed by atoms with Gasteiger partial charge >= 0.3 is 0 Å². The Labute approximate surface area is 97.1 Å². The van der Waals surface area contributed by atoms with E-state index in [1.165, 1.54) is 11.1 Å². The molecule has 16 heavy (non-hydrogen) atoms. The van der Waals surface area contributed by atoms with Gasteiger partial charge in [0.1, 0.15) is 0 Å². The number of hydrogen-bond donors (Lipinski definition) is 1. The van der Waals surface area contributed by atoms with Crippen LogP contribution in [0.15, 0.2) is 24.3 Å². The average molecular weight is 217 g/mol. The second-order valence-corrected chi connectivity index (χ2v) is 5.52. The van der Waals surface area contributed by atoms with E-state index in [4.69, 9.17) is 0 Å². The van der Waals surface area contributed by atoms with Gasteiger partial charge in [0.2, 0.25) is 0 Å². The molecule has 0 saturated carbocycles. The predicted octanol–water partition coefficient (Wildman–Crippen LogP) is 2.32. The molecule has 1 aromatic rings. The Bertz CT molecular complexity index is 403. The molecule has 86 valence electrons. The largest absolute Gasteiger partial charge is 0.303 e. The molecule has 0 aliphatic carbocycles. The highest BCUT2D eigenvalue weighted by Gasteiger charge is 2.31. The lowest BCUT2D eigenvalue weighted by Gasteiger charge is -2.29. The highest BCUT2D eigenvalue weighted by molar-refractivity contribution is 5.89. The Balaban J connectivity index is 2.17. The van der Waals surface area contributed by atoms with Crippen LogP contribution in [0.3, 0.4) is 0 Å². The molecule has 0 amide bonds. The average Bonchev–Trinajstić information content (AvgIpc) is 2.26. The van der Waals surface area contributed by atoms with Crippen molar-refractivity contribution in [3.05, 3.63) is 35.4 Å². The second kappa shape index (κ2) is 4.02. The molecule has 0 unspecified atom stereocenters. The topological polar surface area (TPSA) is 29.1 Å². The van der Waals surface area contributed by atoms with Crippen molar-refractivity contribution in [1.29, 1.82) is 0 Å². The Morgan fingerprint density at radius 2 is 1.88 bits per heavy atom. The molecule has 2 heteroatoms. The number of ketones is 1. The highest BCUT2D eigenvalue weighted by atomic mass is 16.1. The van der Waals surface area contributed by atoms with Crippen molar-refractivity contribution in [3.8, 4) is 0 Å². The third kappa shape index (κ3) is 2.17. The molecule has 0 spiro atoms. The minimum Gasteiger partial charge on any atom is -0.303 e. The minimum atomic E-state index is -0.260. The summed E-state index contributed by atoms with van der Waals surface area (Å²) in [6.07, 6.45) is 0.826. The highest BCUT2D eigenvalue weighted by Crippen LogP contribution is 2.23. The molecule has 0 aromatic heterocycles. The van der Waals surface area contributed by atoms with E-state index in [0.717, 1.165) is 13.0 Å². The van der Waals surface area contributed by atoms with Gasteiger partial charge in [-0.3, -0.25) is 4.79 Å². The molecule has 0 saturated heterocycles. The normalized spacial score (nSPS) is 20.3. The lowest BCUT2D eigenvalue weighted by molar-refractivity contribution is -0.128. The number of hydrogen-bond acceptors (Lipinski definition) is 2. The zero-order valence-electron chi connectivity index (χ0n) is 10.2. The number of carbonyl (C=O) groups excluding carboxylic acids is 1. The standard InChI is InChI=1S/C14H19NO/c1-14(2,3)13(16)12-8-10-6-4-5-7-11(10)9-15-12/h4-7,12,15H,8-9H2,1-3H3/t12-/m1/s1. The van der Waals surface area contributed by atoms with E-state index >= 15 is 0 Å². The van der Waals surface area contributed by atoms with E-state index in [-0.39, 0.29) is 11.5 Å². The van der Waals surface area contributed by atoms with Crippen molar-refractivity contribution in [2.75, 3.05) is 0 Å². The number of benzene rings is 1. The SMILES string of the molecule is CC(C)(C)C(=O)[C@H]1Cc2ccccc2CN1. The first-order valence-electron chi connectivity index (χ1n) is 5.83.